The van der Waals surface area contributed by atoms with Crippen molar-refractivity contribution in [2.75, 3.05) is 33.3 Å². The summed E-state index contributed by atoms with van der Waals surface area (Å²) in [4.78, 5) is 26.6. The number of methoxy groups -OCH3 is 1. The van der Waals surface area contributed by atoms with E-state index in [0.717, 1.165) is 13.0 Å². The van der Waals surface area contributed by atoms with E-state index in [9.17, 15) is 9.59 Å². The molecule has 5 heteroatoms. The van der Waals surface area contributed by atoms with Crippen LogP contribution in [0.4, 0.5) is 0 Å². The molecule has 1 rings (SSSR count). The van der Waals surface area contributed by atoms with Crippen LogP contribution in [0.3, 0.4) is 0 Å². The van der Waals surface area contributed by atoms with E-state index < -0.39 is 6.10 Å². The fourth-order valence-corrected chi connectivity index (χ4v) is 1.81. The highest BCUT2D eigenvalue weighted by Crippen LogP contribution is 2.06. The van der Waals surface area contributed by atoms with Crippen molar-refractivity contribution in [2.24, 2.45) is 0 Å². The number of rotatable bonds is 2. The van der Waals surface area contributed by atoms with Gasteiger partial charge in [-0.2, -0.15) is 0 Å². The van der Waals surface area contributed by atoms with E-state index in [1.807, 2.05) is 0 Å². The van der Waals surface area contributed by atoms with E-state index in [4.69, 9.17) is 4.74 Å². The summed E-state index contributed by atoms with van der Waals surface area (Å²) in [5.41, 5.74) is 0. The lowest BCUT2D eigenvalue weighted by atomic mass is 10.3. The summed E-state index contributed by atoms with van der Waals surface area (Å²) in [6, 6.07) is 0. The van der Waals surface area contributed by atoms with E-state index in [-0.39, 0.29) is 11.8 Å². The van der Waals surface area contributed by atoms with Gasteiger partial charge >= 0.3 is 0 Å². The third-order valence-electron chi connectivity index (χ3n) is 2.95. The van der Waals surface area contributed by atoms with Crippen LogP contribution in [0.2, 0.25) is 0 Å². The fraction of sp³-hybridized carbons (Fsp3) is 0.818. The van der Waals surface area contributed by atoms with Crippen molar-refractivity contribution in [3.05, 3.63) is 0 Å². The van der Waals surface area contributed by atoms with Crippen molar-refractivity contribution in [2.45, 2.75) is 26.4 Å². The predicted octanol–water partition coefficient (Wildman–Crippen LogP) is 0.102. The molecule has 0 saturated carbocycles. The molecular weight excluding hydrogens is 208 g/mol. The molecule has 0 aromatic heterocycles. The van der Waals surface area contributed by atoms with Crippen LogP contribution >= 0.6 is 0 Å². The first kappa shape index (κ1) is 13.0. The van der Waals surface area contributed by atoms with Crippen LogP contribution in [0.5, 0.6) is 0 Å². The van der Waals surface area contributed by atoms with Gasteiger partial charge in [-0.3, -0.25) is 9.59 Å². The van der Waals surface area contributed by atoms with E-state index in [1.54, 1.807) is 23.6 Å². The van der Waals surface area contributed by atoms with E-state index in [0.29, 0.717) is 19.6 Å². The van der Waals surface area contributed by atoms with Gasteiger partial charge in [0.15, 0.2) is 0 Å². The maximum absolute atomic E-state index is 11.9. The Morgan fingerprint density at radius 3 is 2.25 bits per heavy atom. The van der Waals surface area contributed by atoms with Gasteiger partial charge < -0.3 is 14.5 Å². The average Bonchev–Trinajstić information content (AvgIpc) is 2.52. The number of amides is 2. The van der Waals surface area contributed by atoms with Crippen LogP contribution < -0.4 is 0 Å². The maximum atomic E-state index is 11.9. The molecule has 92 valence electrons. The molecule has 0 bridgehead atoms. The fourth-order valence-electron chi connectivity index (χ4n) is 1.81. The predicted molar refractivity (Wildman–Crippen MR) is 59.9 cm³/mol. The molecule has 1 heterocycles. The van der Waals surface area contributed by atoms with Crippen LogP contribution in [0.25, 0.3) is 0 Å². The lowest BCUT2D eigenvalue weighted by Gasteiger charge is -2.23. The summed E-state index contributed by atoms with van der Waals surface area (Å²) in [7, 11) is 1.53. The number of ether oxygens (including phenoxy) is 1. The van der Waals surface area contributed by atoms with Gasteiger partial charge in [0.2, 0.25) is 5.91 Å². The smallest absolute Gasteiger partial charge is 0.251 e. The molecule has 0 N–H and O–H groups in total. The molecule has 0 radical (unpaired) electrons. The Hall–Kier alpha value is -1.10. The minimum Gasteiger partial charge on any atom is -0.372 e. The summed E-state index contributed by atoms with van der Waals surface area (Å²) in [6.45, 7) is 5.98. The zero-order chi connectivity index (χ0) is 12.1. The first-order valence-corrected chi connectivity index (χ1v) is 5.63. The largest absolute Gasteiger partial charge is 0.372 e. The van der Waals surface area contributed by atoms with Crippen molar-refractivity contribution in [1.29, 1.82) is 0 Å². The Labute approximate surface area is 96.3 Å². The second kappa shape index (κ2) is 5.84. The molecule has 0 aromatic rings. The van der Waals surface area contributed by atoms with E-state index >= 15 is 0 Å². The molecule has 0 aliphatic carbocycles. The van der Waals surface area contributed by atoms with Gasteiger partial charge in [-0.15, -0.1) is 0 Å². The van der Waals surface area contributed by atoms with Crippen molar-refractivity contribution in [1.82, 2.24) is 9.80 Å². The number of nitrogens with zero attached hydrogens (tertiary/aromatic N) is 2. The van der Waals surface area contributed by atoms with Crippen LogP contribution in [-0.4, -0.2) is 61.0 Å². The highest BCUT2D eigenvalue weighted by Gasteiger charge is 2.23. The van der Waals surface area contributed by atoms with E-state index in [1.165, 1.54) is 7.11 Å². The Morgan fingerprint density at radius 1 is 1.12 bits per heavy atom. The molecule has 1 saturated heterocycles. The molecule has 16 heavy (non-hydrogen) atoms. The standard InChI is InChI=1S/C11H20N2O3/c1-9(16-3)11(15)13-6-4-5-12(7-8-13)10(2)14/h9H,4-8H2,1-3H3. The number of carbonyl (C=O) groups is 2. The second-order valence-corrected chi connectivity index (χ2v) is 4.06. The Morgan fingerprint density at radius 2 is 1.69 bits per heavy atom. The SMILES string of the molecule is COC(C)C(=O)N1CCCN(C(C)=O)CC1. The summed E-state index contributed by atoms with van der Waals surface area (Å²) in [6.07, 6.45) is 0.436. The van der Waals surface area contributed by atoms with Crippen LogP contribution in [0.15, 0.2) is 0 Å². The number of hydrogen-bond donors (Lipinski definition) is 0. The summed E-state index contributed by atoms with van der Waals surface area (Å²) >= 11 is 0. The molecule has 2 amide bonds. The van der Waals surface area contributed by atoms with E-state index in [2.05, 4.69) is 0 Å². The van der Waals surface area contributed by atoms with Gasteiger partial charge in [-0.25, -0.2) is 0 Å². The molecule has 0 spiro atoms. The second-order valence-electron chi connectivity index (χ2n) is 4.06. The lowest BCUT2D eigenvalue weighted by Crippen LogP contribution is -2.41. The molecule has 1 fully saturated rings. The van der Waals surface area contributed by atoms with Gasteiger partial charge in [0.05, 0.1) is 0 Å². The molecule has 1 aliphatic heterocycles. The highest BCUT2D eigenvalue weighted by molar-refractivity contribution is 5.80. The molecule has 1 unspecified atom stereocenters. The summed E-state index contributed by atoms with van der Waals surface area (Å²) in [5.74, 6) is 0.0852. The van der Waals surface area contributed by atoms with Gasteiger partial charge in [0.1, 0.15) is 6.10 Å². The molecule has 1 atom stereocenters. The van der Waals surface area contributed by atoms with Crippen LogP contribution in [0, 0.1) is 0 Å². The normalized spacial score (nSPS) is 19.2. The molecule has 5 nitrogen and oxygen atoms in total. The van der Waals surface area contributed by atoms with Gasteiger partial charge in [0.25, 0.3) is 5.91 Å². The quantitative estimate of drug-likeness (QED) is 0.673. The monoisotopic (exact) mass is 228 g/mol. The Kier molecular flexibility index (Phi) is 4.73. The van der Waals surface area contributed by atoms with Gasteiger partial charge in [-0.05, 0) is 13.3 Å². The van der Waals surface area contributed by atoms with Crippen molar-refractivity contribution < 1.29 is 14.3 Å². The highest BCUT2D eigenvalue weighted by atomic mass is 16.5. The average molecular weight is 228 g/mol. The summed E-state index contributed by atoms with van der Waals surface area (Å²) in [5, 5.41) is 0. The van der Waals surface area contributed by atoms with Crippen molar-refractivity contribution >= 4 is 11.8 Å². The summed E-state index contributed by atoms with van der Waals surface area (Å²) < 4.78 is 5.01. The first-order chi connectivity index (χ1) is 7.56. The lowest BCUT2D eigenvalue weighted by molar-refractivity contribution is -0.141. The Balaban J connectivity index is 2.53. The minimum atomic E-state index is -0.399. The molecule has 1 aliphatic rings. The Bertz CT molecular complexity index is 268. The first-order valence-electron chi connectivity index (χ1n) is 5.63. The minimum absolute atomic E-state index is 0.00732. The van der Waals surface area contributed by atoms with Crippen LogP contribution in [0.1, 0.15) is 20.3 Å². The van der Waals surface area contributed by atoms with Gasteiger partial charge in [0, 0.05) is 40.2 Å². The zero-order valence-electron chi connectivity index (χ0n) is 10.2. The van der Waals surface area contributed by atoms with Crippen molar-refractivity contribution in [3.63, 3.8) is 0 Å². The number of carbonyl (C=O) groups excluding carboxylic acids is 2. The molecular formula is C11H20N2O3. The third kappa shape index (κ3) is 3.20. The zero-order valence-corrected chi connectivity index (χ0v) is 10.2. The number of hydrogen-bond acceptors (Lipinski definition) is 3. The maximum Gasteiger partial charge on any atom is 0.251 e. The molecule has 0 aromatic carbocycles. The van der Waals surface area contributed by atoms with Gasteiger partial charge in [-0.1, -0.05) is 0 Å². The van der Waals surface area contributed by atoms with Crippen molar-refractivity contribution in [3.8, 4) is 0 Å². The topological polar surface area (TPSA) is 49.9 Å². The van der Waals surface area contributed by atoms with Crippen LogP contribution in [-0.2, 0) is 14.3 Å². The third-order valence-corrected chi connectivity index (χ3v) is 2.95.